The summed E-state index contributed by atoms with van der Waals surface area (Å²) in [5.41, 5.74) is 3.79. The van der Waals surface area contributed by atoms with Crippen LogP contribution in [0.25, 0.3) is 0 Å². The van der Waals surface area contributed by atoms with Gasteiger partial charge >= 0.3 is 0 Å². The van der Waals surface area contributed by atoms with E-state index in [0.717, 1.165) is 37.9 Å². The first kappa shape index (κ1) is 20.2. The average molecular weight is 375 g/mol. The molecule has 6 heteroatoms. The van der Waals surface area contributed by atoms with Gasteiger partial charge in [0.15, 0.2) is 5.96 Å². The third kappa shape index (κ3) is 4.84. The fraction of sp³-hybridized carbons (Fsp3) is 0.810. The Kier molecular flexibility index (Phi) is 7.16. The zero-order chi connectivity index (χ0) is 19.2. The maximum atomic E-state index is 4.92. The Balaban J connectivity index is 1.63. The molecular formula is C21H38N6. The maximum absolute atomic E-state index is 4.92. The first-order valence-corrected chi connectivity index (χ1v) is 11.0. The number of hydrogen-bond donors (Lipinski definition) is 2. The summed E-state index contributed by atoms with van der Waals surface area (Å²) in [4.78, 5) is 7.62. The normalized spacial score (nSPS) is 21.9. The molecule has 0 radical (unpaired) electrons. The van der Waals surface area contributed by atoms with Crippen molar-refractivity contribution in [2.45, 2.75) is 84.3 Å². The summed E-state index contributed by atoms with van der Waals surface area (Å²) < 4.78 is 2.03. The van der Waals surface area contributed by atoms with E-state index in [1.54, 1.807) is 0 Å². The molecule has 152 valence electrons. The van der Waals surface area contributed by atoms with Gasteiger partial charge in [0, 0.05) is 50.0 Å². The number of hydrogen-bond acceptors (Lipinski definition) is 3. The van der Waals surface area contributed by atoms with E-state index in [2.05, 4.69) is 41.4 Å². The quantitative estimate of drug-likeness (QED) is 0.569. The van der Waals surface area contributed by atoms with Crippen molar-refractivity contribution in [3.05, 3.63) is 17.0 Å². The molecule has 6 nitrogen and oxygen atoms in total. The SMILES string of the molecule is CCNC(=NCc1c(CC)nn(C)c1CC)NC1CCN(C2CCCC2)C1. The highest BCUT2D eigenvalue weighted by Crippen LogP contribution is 2.26. The molecule has 27 heavy (non-hydrogen) atoms. The van der Waals surface area contributed by atoms with Crippen LogP contribution >= 0.6 is 0 Å². The molecule has 1 saturated carbocycles. The van der Waals surface area contributed by atoms with Crippen LogP contribution in [0.15, 0.2) is 4.99 Å². The van der Waals surface area contributed by atoms with E-state index >= 15 is 0 Å². The van der Waals surface area contributed by atoms with Gasteiger partial charge in [-0.15, -0.1) is 0 Å². The summed E-state index contributed by atoms with van der Waals surface area (Å²) in [5.74, 6) is 0.948. The molecule has 1 aromatic heterocycles. The second-order valence-corrected chi connectivity index (χ2v) is 7.96. The highest BCUT2D eigenvalue weighted by molar-refractivity contribution is 5.80. The number of nitrogens with zero attached hydrogens (tertiary/aromatic N) is 4. The van der Waals surface area contributed by atoms with Crippen LogP contribution in [0.1, 0.15) is 69.8 Å². The monoisotopic (exact) mass is 374 g/mol. The summed E-state index contributed by atoms with van der Waals surface area (Å²) >= 11 is 0. The Bertz CT molecular complexity index is 629. The molecule has 2 N–H and O–H groups in total. The van der Waals surface area contributed by atoms with E-state index in [0.29, 0.717) is 12.6 Å². The number of nitrogens with one attached hydrogen (secondary N) is 2. The van der Waals surface area contributed by atoms with E-state index in [1.807, 2.05) is 11.7 Å². The Morgan fingerprint density at radius 1 is 1.15 bits per heavy atom. The second kappa shape index (κ2) is 9.58. The van der Waals surface area contributed by atoms with Crippen LogP contribution in [0.3, 0.4) is 0 Å². The third-order valence-corrected chi connectivity index (χ3v) is 6.17. The van der Waals surface area contributed by atoms with Gasteiger partial charge in [0.05, 0.1) is 12.2 Å². The molecule has 1 aromatic rings. The van der Waals surface area contributed by atoms with Gasteiger partial charge in [-0.3, -0.25) is 9.58 Å². The van der Waals surface area contributed by atoms with E-state index in [1.165, 1.54) is 55.6 Å². The van der Waals surface area contributed by atoms with Gasteiger partial charge in [-0.2, -0.15) is 5.10 Å². The number of likely N-dealkylation sites (tertiary alicyclic amines) is 1. The lowest BCUT2D eigenvalue weighted by atomic mass is 10.1. The van der Waals surface area contributed by atoms with Crippen LogP contribution < -0.4 is 10.6 Å². The van der Waals surface area contributed by atoms with Crippen molar-refractivity contribution in [3.8, 4) is 0 Å². The van der Waals surface area contributed by atoms with E-state index in [-0.39, 0.29) is 0 Å². The summed E-state index contributed by atoms with van der Waals surface area (Å²) in [6.45, 7) is 10.5. The molecule has 1 unspecified atom stereocenters. The van der Waals surface area contributed by atoms with Crippen molar-refractivity contribution in [2.75, 3.05) is 19.6 Å². The van der Waals surface area contributed by atoms with Crippen LogP contribution in [0.4, 0.5) is 0 Å². The van der Waals surface area contributed by atoms with Crippen LogP contribution in [0.2, 0.25) is 0 Å². The van der Waals surface area contributed by atoms with Gasteiger partial charge in [0.25, 0.3) is 0 Å². The Hall–Kier alpha value is -1.56. The highest BCUT2D eigenvalue weighted by atomic mass is 15.3. The van der Waals surface area contributed by atoms with Crippen molar-refractivity contribution >= 4 is 5.96 Å². The molecule has 1 saturated heterocycles. The number of aryl methyl sites for hydroxylation is 2. The van der Waals surface area contributed by atoms with Crippen molar-refractivity contribution in [2.24, 2.45) is 12.0 Å². The molecule has 0 aromatic carbocycles. The van der Waals surface area contributed by atoms with E-state index in [4.69, 9.17) is 4.99 Å². The zero-order valence-electron chi connectivity index (χ0n) is 17.7. The Labute approximate surface area is 164 Å². The fourth-order valence-corrected chi connectivity index (χ4v) is 4.75. The number of guanidine groups is 1. The lowest BCUT2D eigenvalue weighted by Crippen LogP contribution is -2.45. The molecule has 0 spiro atoms. The van der Waals surface area contributed by atoms with Gasteiger partial charge < -0.3 is 10.6 Å². The fourth-order valence-electron chi connectivity index (χ4n) is 4.75. The molecule has 1 aliphatic carbocycles. The largest absolute Gasteiger partial charge is 0.357 e. The minimum absolute atomic E-state index is 0.508. The standard InChI is InChI=1S/C21H38N6/c1-5-19-18(20(6-2)26(4)25-19)14-23-21(22-7-3)24-16-12-13-27(15-16)17-10-8-9-11-17/h16-17H,5-15H2,1-4H3,(H2,22,23,24). The first-order valence-electron chi connectivity index (χ1n) is 11.0. The van der Waals surface area contributed by atoms with E-state index < -0.39 is 0 Å². The minimum Gasteiger partial charge on any atom is -0.357 e. The number of aliphatic imine (C=N–C) groups is 1. The van der Waals surface area contributed by atoms with E-state index in [9.17, 15) is 0 Å². The number of aromatic nitrogens is 2. The summed E-state index contributed by atoms with van der Waals surface area (Å²) in [7, 11) is 2.05. The molecule has 1 aliphatic heterocycles. The van der Waals surface area contributed by atoms with Crippen LogP contribution in [-0.2, 0) is 26.4 Å². The predicted molar refractivity (Wildman–Crippen MR) is 112 cm³/mol. The average Bonchev–Trinajstić information content (AvgIpc) is 3.39. The molecule has 1 atom stereocenters. The summed E-state index contributed by atoms with van der Waals surface area (Å²) in [6.07, 6.45) is 8.78. The Morgan fingerprint density at radius 3 is 2.59 bits per heavy atom. The van der Waals surface area contributed by atoms with Gasteiger partial charge in [-0.1, -0.05) is 26.7 Å². The maximum Gasteiger partial charge on any atom is 0.191 e. The molecule has 0 bridgehead atoms. The van der Waals surface area contributed by atoms with Crippen LogP contribution in [0.5, 0.6) is 0 Å². The van der Waals surface area contributed by atoms with Crippen molar-refractivity contribution in [3.63, 3.8) is 0 Å². The topological polar surface area (TPSA) is 57.5 Å². The molecule has 2 heterocycles. The van der Waals surface area contributed by atoms with Gasteiger partial charge in [-0.05, 0) is 39.0 Å². The molecular weight excluding hydrogens is 336 g/mol. The summed E-state index contributed by atoms with van der Waals surface area (Å²) in [5, 5.41) is 11.8. The van der Waals surface area contributed by atoms with Crippen molar-refractivity contribution < 1.29 is 0 Å². The molecule has 3 rings (SSSR count). The molecule has 0 amide bonds. The predicted octanol–water partition coefficient (Wildman–Crippen LogP) is 2.62. The second-order valence-electron chi connectivity index (χ2n) is 7.96. The third-order valence-electron chi connectivity index (χ3n) is 6.17. The lowest BCUT2D eigenvalue weighted by molar-refractivity contribution is 0.242. The minimum atomic E-state index is 0.508. The zero-order valence-corrected chi connectivity index (χ0v) is 17.7. The van der Waals surface area contributed by atoms with Crippen LogP contribution in [0, 0.1) is 0 Å². The lowest BCUT2D eigenvalue weighted by Gasteiger charge is -2.24. The number of rotatable bonds is 7. The Morgan fingerprint density at radius 2 is 1.93 bits per heavy atom. The van der Waals surface area contributed by atoms with Crippen molar-refractivity contribution in [1.29, 1.82) is 0 Å². The van der Waals surface area contributed by atoms with Crippen molar-refractivity contribution in [1.82, 2.24) is 25.3 Å². The van der Waals surface area contributed by atoms with Gasteiger partial charge in [-0.25, -0.2) is 4.99 Å². The first-order chi connectivity index (χ1) is 13.2. The smallest absolute Gasteiger partial charge is 0.191 e. The summed E-state index contributed by atoms with van der Waals surface area (Å²) in [6, 6.07) is 1.33. The van der Waals surface area contributed by atoms with Gasteiger partial charge in [0.1, 0.15) is 0 Å². The molecule has 2 fully saturated rings. The highest BCUT2D eigenvalue weighted by Gasteiger charge is 2.30. The van der Waals surface area contributed by atoms with Crippen LogP contribution in [-0.4, -0.2) is 52.4 Å². The molecule has 2 aliphatic rings. The van der Waals surface area contributed by atoms with Gasteiger partial charge in [0.2, 0.25) is 0 Å².